The van der Waals surface area contributed by atoms with Crippen molar-refractivity contribution in [3.63, 3.8) is 0 Å². The van der Waals surface area contributed by atoms with E-state index in [-0.39, 0.29) is 0 Å². The number of phosphoric ester groups is 1. The van der Waals surface area contributed by atoms with Gasteiger partial charge in [0.15, 0.2) is 0 Å². The molecule has 0 spiro atoms. The molecule has 0 bridgehead atoms. The highest BCUT2D eigenvalue weighted by molar-refractivity contribution is 7.48. The predicted octanol–water partition coefficient (Wildman–Crippen LogP) is 5.33. The normalized spacial score (nSPS) is 17.7. The van der Waals surface area contributed by atoms with Crippen LogP contribution in [0.4, 0.5) is 0 Å². The summed E-state index contributed by atoms with van der Waals surface area (Å²) < 4.78 is 30.2. The lowest BCUT2D eigenvalue weighted by Crippen LogP contribution is -2.40. The highest BCUT2D eigenvalue weighted by atomic mass is 31.2. The smallest absolute Gasteiger partial charge is 0.334 e. The Hall–Kier alpha value is -0.550. The fourth-order valence-corrected chi connectivity index (χ4v) is 3.85. The van der Waals surface area contributed by atoms with Crippen molar-refractivity contribution in [3.8, 4) is 0 Å². The monoisotopic (exact) mass is 376 g/mol. The first-order valence-corrected chi connectivity index (χ1v) is 11.3. The zero-order chi connectivity index (χ0) is 18.5. The molecule has 6 nitrogen and oxygen atoms in total. The molecule has 1 aliphatic rings. The average molecular weight is 376 g/mol. The molecule has 1 aliphatic heterocycles. The fraction of sp³-hybridized carbons (Fsp3) is 0.889. The van der Waals surface area contributed by atoms with Gasteiger partial charge in [0.2, 0.25) is 6.35 Å². The SMILES string of the molecule is CCCCCN1C=CN(CC)C1OP(=O)(OCCCC)OCCCC. The van der Waals surface area contributed by atoms with E-state index in [2.05, 4.69) is 32.6 Å². The molecule has 1 heterocycles. The van der Waals surface area contributed by atoms with Gasteiger partial charge in [0.05, 0.1) is 13.2 Å². The summed E-state index contributed by atoms with van der Waals surface area (Å²) in [6, 6.07) is 0. The molecule has 0 radical (unpaired) electrons. The van der Waals surface area contributed by atoms with Crippen LogP contribution < -0.4 is 0 Å². The molecule has 0 amide bonds. The number of unbranched alkanes of at least 4 members (excludes halogenated alkanes) is 4. The van der Waals surface area contributed by atoms with E-state index >= 15 is 0 Å². The molecule has 0 aromatic heterocycles. The summed E-state index contributed by atoms with van der Waals surface area (Å²) in [5.74, 6) is 0. The van der Waals surface area contributed by atoms with Crippen molar-refractivity contribution < 1.29 is 18.1 Å². The minimum Gasteiger partial charge on any atom is -0.334 e. The van der Waals surface area contributed by atoms with Gasteiger partial charge >= 0.3 is 7.82 Å². The third-order valence-corrected chi connectivity index (χ3v) is 5.56. The average Bonchev–Trinajstić information content (AvgIpc) is 2.97. The Labute approximate surface area is 154 Å². The quantitative estimate of drug-likeness (QED) is 0.284. The van der Waals surface area contributed by atoms with Gasteiger partial charge in [-0.05, 0) is 26.2 Å². The molecule has 1 atom stereocenters. The van der Waals surface area contributed by atoms with E-state index in [9.17, 15) is 4.57 Å². The van der Waals surface area contributed by atoms with Gasteiger partial charge < -0.3 is 9.80 Å². The van der Waals surface area contributed by atoms with Crippen LogP contribution in [0.5, 0.6) is 0 Å². The minimum absolute atomic E-state index is 0.391. The van der Waals surface area contributed by atoms with Crippen molar-refractivity contribution in [3.05, 3.63) is 12.4 Å². The van der Waals surface area contributed by atoms with Gasteiger partial charge in [-0.1, -0.05) is 46.5 Å². The molecule has 148 valence electrons. The Balaban J connectivity index is 2.72. The van der Waals surface area contributed by atoms with Crippen molar-refractivity contribution in [2.24, 2.45) is 0 Å². The van der Waals surface area contributed by atoms with Crippen LogP contribution in [0.2, 0.25) is 0 Å². The molecule has 7 heteroatoms. The van der Waals surface area contributed by atoms with Crippen LogP contribution in [0.1, 0.15) is 72.6 Å². The van der Waals surface area contributed by atoms with Gasteiger partial charge in [-0.15, -0.1) is 0 Å². The Morgan fingerprint density at radius 3 is 1.92 bits per heavy atom. The lowest BCUT2D eigenvalue weighted by molar-refractivity contribution is -0.0537. The topological polar surface area (TPSA) is 51.2 Å². The second-order valence-corrected chi connectivity index (χ2v) is 7.95. The molecule has 1 unspecified atom stereocenters. The number of hydrogen-bond donors (Lipinski definition) is 0. The zero-order valence-electron chi connectivity index (χ0n) is 16.5. The third kappa shape index (κ3) is 8.12. The van der Waals surface area contributed by atoms with Gasteiger partial charge in [0.1, 0.15) is 0 Å². The molecule has 0 aromatic rings. The van der Waals surface area contributed by atoms with Crippen LogP contribution in [0, 0.1) is 0 Å². The summed E-state index contributed by atoms with van der Waals surface area (Å²) in [6.45, 7) is 10.8. The first-order valence-electron chi connectivity index (χ1n) is 9.87. The van der Waals surface area contributed by atoms with E-state index in [4.69, 9.17) is 13.6 Å². The maximum Gasteiger partial charge on any atom is 0.478 e. The van der Waals surface area contributed by atoms with Gasteiger partial charge in [0, 0.05) is 25.5 Å². The van der Waals surface area contributed by atoms with E-state index in [1.165, 1.54) is 12.8 Å². The van der Waals surface area contributed by atoms with E-state index < -0.39 is 14.2 Å². The first-order chi connectivity index (χ1) is 12.1. The van der Waals surface area contributed by atoms with Gasteiger partial charge in [-0.3, -0.25) is 9.05 Å². The van der Waals surface area contributed by atoms with Crippen LogP contribution >= 0.6 is 7.82 Å². The van der Waals surface area contributed by atoms with Gasteiger partial charge in [-0.2, -0.15) is 0 Å². The maximum absolute atomic E-state index is 13.1. The van der Waals surface area contributed by atoms with E-state index in [1.807, 2.05) is 17.3 Å². The lowest BCUT2D eigenvalue weighted by atomic mass is 10.2. The molecule has 1 rings (SSSR count). The molecule has 25 heavy (non-hydrogen) atoms. The van der Waals surface area contributed by atoms with Crippen LogP contribution in [0.3, 0.4) is 0 Å². The Morgan fingerprint density at radius 2 is 1.40 bits per heavy atom. The minimum atomic E-state index is -3.58. The van der Waals surface area contributed by atoms with Gasteiger partial charge in [-0.25, -0.2) is 9.09 Å². The maximum atomic E-state index is 13.1. The Bertz CT molecular complexity index is 406. The Morgan fingerprint density at radius 1 is 0.840 bits per heavy atom. The molecule has 0 aliphatic carbocycles. The van der Waals surface area contributed by atoms with Crippen molar-refractivity contribution in [2.75, 3.05) is 26.3 Å². The second kappa shape index (κ2) is 12.7. The summed E-state index contributed by atoms with van der Waals surface area (Å²) in [5, 5.41) is 0. The predicted molar refractivity (Wildman–Crippen MR) is 102 cm³/mol. The van der Waals surface area contributed by atoms with E-state index in [0.29, 0.717) is 13.2 Å². The second-order valence-electron chi connectivity index (χ2n) is 6.33. The van der Waals surface area contributed by atoms with Crippen molar-refractivity contribution in [1.82, 2.24) is 9.80 Å². The Kier molecular flexibility index (Phi) is 11.5. The molecule has 0 fully saturated rings. The van der Waals surface area contributed by atoms with Gasteiger partial charge in [0.25, 0.3) is 0 Å². The first kappa shape index (κ1) is 22.5. The highest BCUT2D eigenvalue weighted by Gasteiger charge is 2.37. The fourth-order valence-electron chi connectivity index (χ4n) is 2.48. The number of nitrogens with zero attached hydrogens (tertiary/aromatic N) is 2. The molecule has 0 N–H and O–H groups in total. The summed E-state index contributed by atoms with van der Waals surface area (Å²) in [4.78, 5) is 4.10. The van der Waals surface area contributed by atoms with E-state index in [0.717, 1.165) is 45.2 Å². The molecule has 0 aromatic carbocycles. The van der Waals surface area contributed by atoms with Crippen LogP contribution in [0.15, 0.2) is 12.4 Å². The number of phosphoric acid groups is 1. The summed E-state index contributed by atoms with van der Waals surface area (Å²) >= 11 is 0. The lowest BCUT2D eigenvalue weighted by Gasteiger charge is -2.33. The van der Waals surface area contributed by atoms with Crippen LogP contribution in [-0.2, 0) is 18.1 Å². The number of rotatable bonds is 15. The molecule has 0 saturated carbocycles. The standard InChI is InChI=1S/C18H37N2O4P/c1-5-9-12-13-20-15-14-19(8-4)18(20)24-25(21,22-16-10-6-2)23-17-11-7-3/h14-15,18H,5-13,16-17H2,1-4H3. The van der Waals surface area contributed by atoms with Crippen molar-refractivity contribution in [2.45, 2.75) is 79.0 Å². The van der Waals surface area contributed by atoms with Crippen molar-refractivity contribution >= 4 is 7.82 Å². The van der Waals surface area contributed by atoms with Crippen molar-refractivity contribution in [1.29, 1.82) is 0 Å². The largest absolute Gasteiger partial charge is 0.478 e. The summed E-state index contributed by atoms with van der Waals surface area (Å²) in [6.07, 6.45) is 10.6. The zero-order valence-corrected chi connectivity index (χ0v) is 17.4. The molecular formula is C18H37N2O4P. The highest BCUT2D eigenvalue weighted by Crippen LogP contribution is 2.52. The molecule has 0 saturated heterocycles. The van der Waals surface area contributed by atoms with Crippen LogP contribution in [-0.4, -0.2) is 42.5 Å². The third-order valence-electron chi connectivity index (χ3n) is 4.12. The summed E-state index contributed by atoms with van der Waals surface area (Å²) in [7, 11) is -3.58. The number of hydrogen-bond acceptors (Lipinski definition) is 6. The van der Waals surface area contributed by atoms with Crippen LogP contribution in [0.25, 0.3) is 0 Å². The summed E-state index contributed by atoms with van der Waals surface area (Å²) in [5.41, 5.74) is 0. The molecular weight excluding hydrogens is 339 g/mol. The van der Waals surface area contributed by atoms with E-state index in [1.54, 1.807) is 0 Å².